The second-order valence-electron chi connectivity index (χ2n) is 4.31. The smallest absolute Gasteiger partial charge is 0.118 e. The second kappa shape index (κ2) is 6.53. The lowest BCUT2D eigenvalue weighted by atomic mass is 10.1. The van der Waals surface area contributed by atoms with Gasteiger partial charge in [0.25, 0.3) is 0 Å². The van der Waals surface area contributed by atoms with Gasteiger partial charge >= 0.3 is 0 Å². The van der Waals surface area contributed by atoms with Gasteiger partial charge in [-0.25, -0.2) is 0 Å². The van der Waals surface area contributed by atoms with Crippen LogP contribution in [0.2, 0.25) is 0 Å². The van der Waals surface area contributed by atoms with Crippen molar-refractivity contribution in [2.24, 2.45) is 0 Å². The average Bonchev–Trinajstić information content (AvgIpc) is 2.48. The second-order valence-corrected chi connectivity index (χ2v) is 5.88. The van der Waals surface area contributed by atoms with Crippen molar-refractivity contribution in [3.63, 3.8) is 0 Å². The monoisotopic (exact) mass is 274 g/mol. The highest BCUT2D eigenvalue weighted by Gasteiger charge is 2.05. The third kappa shape index (κ3) is 3.44. The highest BCUT2D eigenvalue weighted by Crippen LogP contribution is 2.24. The summed E-state index contributed by atoms with van der Waals surface area (Å²) >= 11 is 0. The molecule has 19 heavy (non-hydrogen) atoms. The summed E-state index contributed by atoms with van der Waals surface area (Å²) in [7, 11) is 0.758. The van der Waals surface area contributed by atoms with Gasteiger partial charge in [0, 0.05) is 10.6 Å². The number of ether oxygens (including phenoxy) is 1. The molecule has 1 atom stereocenters. The lowest BCUT2D eigenvalue weighted by Crippen LogP contribution is -1.96. The summed E-state index contributed by atoms with van der Waals surface area (Å²) in [5, 5.41) is 0. The summed E-state index contributed by atoms with van der Waals surface area (Å²) in [5.41, 5.74) is 2.20. The van der Waals surface area contributed by atoms with E-state index in [4.69, 9.17) is 4.74 Å². The van der Waals surface area contributed by atoms with E-state index in [9.17, 15) is 4.21 Å². The molecule has 0 aromatic heterocycles. The fourth-order valence-electron chi connectivity index (χ4n) is 1.90. The lowest BCUT2D eigenvalue weighted by Gasteiger charge is -2.06. The standard InChI is InChI=1S/C16H18O2S/c1-3-11-19(17)16-6-4-5-14(12-16)13-7-9-15(18-2)10-8-13/h4-10,12H,3,11H2,1-2H3. The molecule has 0 fully saturated rings. The maximum Gasteiger partial charge on any atom is 0.118 e. The number of hydrogen-bond acceptors (Lipinski definition) is 2. The Labute approximate surface area is 116 Å². The molecule has 2 aromatic carbocycles. The third-order valence-corrected chi connectivity index (χ3v) is 4.47. The zero-order valence-corrected chi connectivity index (χ0v) is 12.1. The fraction of sp³-hybridized carbons (Fsp3) is 0.250. The molecule has 0 spiro atoms. The first-order valence-corrected chi connectivity index (χ1v) is 7.69. The third-order valence-electron chi connectivity index (χ3n) is 2.91. The zero-order chi connectivity index (χ0) is 13.7. The van der Waals surface area contributed by atoms with Gasteiger partial charge in [-0.3, -0.25) is 4.21 Å². The predicted octanol–water partition coefficient (Wildman–Crippen LogP) is 3.88. The van der Waals surface area contributed by atoms with Crippen molar-refractivity contribution in [3.05, 3.63) is 48.5 Å². The Bertz CT molecular complexity index is 561. The van der Waals surface area contributed by atoms with Gasteiger partial charge in [-0.2, -0.15) is 0 Å². The Morgan fingerprint density at radius 2 is 1.79 bits per heavy atom. The molecule has 0 radical (unpaired) electrons. The van der Waals surface area contributed by atoms with Crippen molar-refractivity contribution in [3.8, 4) is 16.9 Å². The molecule has 0 saturated heterocycles. The zero-order valence-electron chi connectivity index (χ0n) is 11.3. The first-order valence-electron chi connectivity index (χ1n) is 6.37. The van der Waals surface area contributed by atoms with Crippen molar-refractivity contribution in [1.82, 2.24) is 0 Å². The van der Waals surface area contributed by atoms with Crippen LogP contribution in [0.3, 0.4) is 0 Å². The molecule has 2 nitrogen and oxygen atoms in total. The Balaban J connectivity index is 2.29. The molecule has 0 N–H and O–H groups in total. The van der Waals surface area contributed by atoms with Crippen LogP contribution in [-0.4, -0.2) is 17.1 Å². The number of benzene rings is 2. The maximum atomic E-state index is 12.0. The van der Waals surface area contributed by atoms with Crippen LogP contribution in [0.1, 0.15) is 13.3 Å². The highest BCUT2D eigenvalue weighted by atomic mass is 32.2. The number of methoxy groups -OCH3 is 1. The number of rotatable bonds is 5. The molecule has 0 heterocycles. The molecule has 0 aliphatic carbocycles. The van der Waals surface area contributed by atoms with Crippen molar-refractivity contribution in [1.29, 1.82) is 0 Å². The molecular weight excluding hydrogens is 256 g/mol. The average molecular weight is 274 g/mol. The molecule has 2 aromatic rings. The van der Waals surface area contributed by atoms with E-state index in [-0.39, 0.29) is 0 Å². The van der Waals surface area contributed by atoms with Gasteiger partial charge in [0.15, 0.2) is 0 Å². The molecule has 0 amide bonds. The molecule has 0 aliphatic rings. The van der Waals surface area contributed by atoms with Crippen molar-refractivity contribution in [2.75, 3.05) is 12.9 Å². The molecule has 3 heteroatoms. The summed E-state index contributed by atoms with van der Waals surface area (Å²) in [6.45, 7) is 2.05. The lowest BCUT2D eigenvalue weighted by molar-refractivity contribution is 0.415. The highest BCUT2D eigenvalue weighted by molar-refractivity contribution is 7.85. The van der Waals surface area contributed by atoms with Gasteiger partial charge in [0.1, 0.15) is 5.75 Å². The van der Waals surface area contributed by atoms with Crippen LogP contribution in [0.5, 0.6) is 5.75 Å². The predicted molar refractivity (Wildman–Crippen MR) is 80.0 cm³/mol. The van der Waals surface area contributed by atoms with E-state index in [1.54, 1.807) is 7.11 Å². The molecule has 0 aliphatic heterocycles. The van der Waals surface area contributed by atoms with Gasteiger partial charge in [0.05, 0.1) is 17.9 Å². The molecule has 100 valence electrons. The largest absolute Gasteiger partial charge is 0.497 e. The van der Waals surface area contributed by atoms with Crippen LogP contribution in [0, 0.1) is 0 Å². The van der Waals surface area contributed by atoms with E-state index in [1.165, 1.54) is 0 Å². The van der Waals surface area contributed by atoms with Crippen molar-refractivity contribution in [2.45, 2.75) is 18.2 Å². The normalized spacial score (nSPS) is 12.1. The van der Waals surface area contributed by atoms with E-state index >= 15 is 0 Å². The quantitative estimate of drug-likeness (QED) is 0.827. The van der Waals surface area contributed by atoms with E-state index in [2.05, 4.69) is 0 Å². The Morgan fingerprint density at radius 1 is 1.05 bits per heavy atom. The maximum absolute atomic E-state index is 12.0. The minimum atomic E-state index is -0.898. The molecule has 0 saturated carbocycles. The van der Waals surface area contributed by atoms with Crippen LogP contribution in [-0.2, 0) is 10.8 Å². The molecule has 2 rings (SSSR count). The van der Waals surface area contributed by atoms with Crippen LogP contribution in [0.25, 0.3) is 11.1 Å². The van der Waals surface area contributed by atoms with Crippen molar-refractivity contribution >= 4 is 10.8 Å². The molecule has 1 unspecified atom stereocenters. The van der Waals surface area contributed by atoms with Crippen LogP contribution >= 0.6 is 0 Å². The van der Waals surface area contributed by atoms with Crippen molar-refractivity contribution < 1.29 is 8.95 Å². The minimum Gasteiger partial charge on any atom is -0.497 e. The Kier molecular flexibility index (Phi) is 4.74. The molecular formula is C16H18O2S. The van der Waals surface area contributed by atoms with E-state index in [1.807, 2.05) is 55.5 Å². The molecule has 0 bridgehead atoms. The Morgan fingerprint density at radius 3 is 2.42 bits per heavy atom. The minimum absolute atomic E-state index is 0.714. The topological polar surface area (TPSA) is 26.3 Å². The van der Waals surface area contributed by atoms with Crippen LogP contribution in [0.15, 0.2) is 53.4 Å². The van der Waals surface area contributed by atoms with E-state index < -0.39 is 10.8 Å². The summed E-state index contributed by atoms with van der Waals surface area (Å²) in [4.78, 5) is 0.898. The summed E-state index contributed by atoms with van der Waals surface area (Å²) in [5.74, 6) is 1.56. The van der Waals surface area contributed by atoms with Gasteiger partial charge in [-0.05, 0) is 41.8 Å². The number of hydrogen-bond donors (Lipinski definition) is 0. The van der Waals surface area contributed by atoms with E-state index in [0.717, 1.165) is 28.2 Å². The first kappa shape index (κ1) is 13.8. The Hall–Kier alpha value is -1.61. The van der Waals surface area contributed by atoms with Crippen LogP contribution < -0.4 is 4.74 Å². The van der Waals surface area contributed by atoms with Gasteiger partial charge < -0.3 is 4.74 Å². The van der Waals surface area contributed by atoms with Gasteiger partial charge in [-0.15, -0.1) is 0 Å². The summed E-state index contributed by atoms with van der Waals surface area (Å²) < 4.78 is 17.2. The van der Waals surface area contributed by atoms with Gasteiger partial charge in [0.2, 0.25) is 0 Å². The SMILES string of the molecule is CCCS(=O)c1cccc(-c2ccc(OC)cc2)c1. The summed E-state index contributed by atoms with van der Waals surface area (Å²) in [6.07, 6.45) is 0.930. The van der Waals surface area contributed by atoms with E-state index in [0.29, 0.717) is 5.75 Å². The van der Waals surface area contributed by atoms with Gasteiger partial charge in [-0.1, -0.05) is 31.2 Å². The van der Waals surface area contributed by atoms with Crippen LogP contribution in [0.4, 0.5) is 0 Å². The fourth-order valence-corrected chi connectivity index (χ4v) is 3.00. The first-order chi connectivity index (χ1) is 9.24. The summed E-state index contributed by atoms with van der Waals surface area (Å²) in [6, 6.07) is 15.8.